The average molecular weight is 476 g/mol. The van der Waals surface area contributed by atoms with Crippen molar-refractivity contribution in [2.45, 2.75) is 6.42 Å². The first-order chi connectivity index (χ1) is 16.8. The van der Waals surface area contributed by atoms with E-state index in [1.165, 1.54) is 31.4 Å². The van der Waals surface area contributed by atoms with Crippen molar-refractivity contribution in [3.05, 3.63) is 118 Å². The highest BCUT2D eigenvalue weighted by atomic mass is 19.2. The molecule has 0 unspecified atom stereocenters. The van der Waals surface area contributed by atoms with Gasteiger partial charge < -0.3 is 4.74 Å². The van der Waals surface area contributed by atoms with Gasteiger partial charge in [0, 0.05) is 18.2 Å². The summed E-state index contributed by atoms with van der Waals surface area (Å²) in [6.45, 7) is 0.331. The van der Waals surface area contributed by atoms with Gasteiger partial charge in [-0.25, -0.2) is 22.0 Å². The van der Waals surface area contributed by atoms with Crippen molar-refractivity contribution < 1.29 is 26.7 Å². The molecule has 0 saturated heterocycles. The van der Waals surface area contributed by atoms with Crippen LogP contribution in [-0.4, -0.2) is 13.7 Å². The summed E-state index contributed by atoms with van der Waals surface area (Å²) in [5.74, 6) is 6.30. The van der Waals surface area contributed by atoms with Crippen molar-refractivity contribution >= 4 is 10.8 Å². The van der Waals surface area contributed by atoms with Gasteiger partial charge in [0.1, 0.15) is 17.5 Å². The van der Waals surface area contributed by atoms with E-state index in [1.54, 1.807) is 18.2 Å². The maximum Gasteiger partial charge on any atom is 0.159 e. The SMILES string of the molecule is COCCc1cc(F)c(C#Cc2ccc(C#Cc3ccc4cc(F)c(F)cc4c3)c(F)c2)c(F)c1. The molecule has 0 amide bonds. The van der Waals surface area contributed by atoms with Gasteiger partial charge in [0.15, 0.2) is 11.6 Å². The third-order valence-electron chi connectivity index (χ3n) is 5.22. The van der Waals surface area contributed by atoms with E-state index in [0.717, 1.165) is 18.2 Å². The lowest BCUT2D eigenvalue weighted by Gasteiger charge is -2.03. The number of halogens is 5. The van der Waals surface area contributed by atoms with E-state index in [1.807, 2.05) is 0 Å². The maximum absolute atomic E-state index is 14.5. The predicted molar refractivity (Wildman–Crippen MR) is 124 cm³/mol. The Balaban J connectivity index is 1.55. The zero-order valence-corrected chi connectivity index (χ0v) is 18.5. The number of ether oxygens (including phenoxy) is 1. The van der Waals surface area contributed by atoms with E-state index in [0.29, 0.717) is 34.9 Å². The van der Waals surface area contributed by atoms with Gasteiger partial charge in [0.25, 0.3) is 0 Å². The number of fused-ring (bicyclic) bond motifs is 1. The molecule has 0 aliphatic rings. The zero-order chi connectivity index (χ0) is 24.9. The summed E-state index contributed by atoms with van der Waals surface area (Å²) in [7, 11) is 1.50. The molecule has 4 aromatic carbocycles. The Hall–Kier alpha value is -4.13. The van der Waals surface area contributed by atoms with Crippen molar-refractivity contribution in [1.82, 2.24) is 0 Å². The van der Waals surface area contributed by atoms with Crippen LogP contribution >= 0.6 is 0 Å². The van der Waals surface area contributed by atoms with Gasteiger partial charge in [-0.1, -0.05) is 29.7 Å². The molecule has 0 N–H and O–H groups in total. The normalized spacial score (nSPS) is 10.5. The molecule has 35 heavy (non-hydrogen) atoms. The van der Waals surface area contributed by atoms with Crippen LogP contribution in [-0.2, 0) is 11.2 Å². The molecule has 0 aliphatic carbocycles. The molecule has 0 aromatic heterocycles. The molecule has 0 radical (unpaired) electrons. The molecule has 0 saturated carbocycles. The lowest BCUT2D eigenvalue weighted by atomic mass is 10.1. The number of hydrogen-bond donors (Lipinski definition) is 0. The molecule has 0 spiro atoms. The van der Waals surface area contributed by atoms with Gasteiger partial charge in [-0.05, 0) is 77.4 Å². The molecule has 4 rings (SSSR count). The standard InChI is InChI=1S/C29H17F5O/c1-35-11-10-20-14-26(31)24(27(32)15-20)9-5-19-3-7-21(25(30)13-19)6-2-18-4-8-22-16-28(33)29(34)17-23(22)12-18/h3-4,7-8,12-17H,10-11H2,1H3. The third kappa shape index (κ3) is 5.69. The first-order valence-electron chi connectivity index (χ1n) is 10.5. The summed E-state index contributed by atoms with van der Waals surface area (Å²) in [5.41, 5.74) is 0.846. The van der Waals surface area contributed by atoms with Crippen molar-refractivity contribution in [2.75, 3.05) is 13.7 Å². The minimum Gasteiger partial charge on any atom is -0.384 e. The molecule has 0 heterocycles. The highest BCUT2D eigenvalue weighted by Gasteiger charge is 2.10. The monoisotopic (exact) mass is 476 g/mol. The molecule has 0 fully saturated rings. The Morgan fingerprint density at radius 1 is 0.600 bits per heavy atom. The average Bonchev–Trinajstić information content (AvgIpc) is 2.82. The van der Waals surface area contributed by atoms with Crippen LogP contribution in [0.1, 0.15) is 27.8 Å². The molecule has 1 nitrogen and oxygen atoms in total. The zero-order valence-electron chi connectivity index (χ0n) is 18.5. The van der Waals surface area contributed by atoms with Gasteiger partial charge in [-0.2, -0.15) is 0 Å². The van der Waals surface area contributed by atoms with E-state index < -0.39 is 34.6 Å². The van der Waals surface area contributed by atoms with Gasteiger partial charge >= 0.3 is 0 Å². The largest absolute Gasteiger partial charge is 0.384 e. The summed E-state index contributed by atoms with van der Waals surface area (Å²) in [6.07, 6.45) is 0.362. The van der Waals surface area contributed by atoms with E-state index in [4.69, 9.17) is 4.74 Å². The van der Waals surface area contributed by atoms with Gasteiger partial charge in [-0.3, -0.25) is 0 Å². The number of hydrogen-bond acceptors (Lipinski definition) is 1. The highest BCUT2D eigenvalue weighted by Crippen LogP contribution is 2.20. The van der Waals surface area contributed by atoms with Crippen molar-refractivity contribution in [3.8, 4) is 23.7 Å². The summed E-state index contributed by atoms with van der Waals surface area (Å²) in [4.78, 5) is 0. The summed E-state index contributed by atoms with van der Waals surface area (Å²) >= 11 is 0. The van der Waals surface area contributed by atoms with E-state index in [2.05, 4.69) is 23.7 Å². The fourth-order valence-corrected chi connectivity index (χ4v) is 3.40. The second-order valence-corrected chi connectivity index (χ2v) is 7.70. The molecule has 0 bridgehead atoms. The predicted octanol–water partition coefficient (Wildman–Crippen LogP) is 6.52. The Labute approximate surface area is 199 Å². The van der Waals surface area contributed by atoms with Crippen LogP contribution < -0.4 is 0 Å². The summed E-state index contributed by atoms with van der Waals surface area (Å²) in [6, 6.07) is 13.4. The third-order valence-corrected chi connectivity index (χ3v) is 5.22. The fraction of sp³-hybridized carbons (Fsp3) is 0.103. The first kappa shape index (κ1) is 24.0. The summed E-state index contributed by atoms with van der Waals surface area (Å²) in [5, 5.41) is 0.981. The second kappa shape index (κ2) is 10.4. The lowest BCUT2D eigenvalue weighted by molar-refractivity contribution is 0.202. The first-order valence-corrected chi connectivity index (χ1v) is 10.5. The lowest BCUT2D eigenvalue weighted by Crippen LogP contribution is -1.99. The van der Waals surface area contributed by atoms with E-state index in [-0.39, 0.29) is 11.1 Å². The van der Waals surface area contributed by atoms with Crippen LogP contribution in [0.5, 0.6) is 0 Å². The van der Waals surface area contributed by atoms with Crippen LogP contribution in [0.15, 0.2) is 60.7 Å². The van der Waals surface area contributed by atoms with Gasteiger partial charge in [-0.15, -0.1) is 0 Å². The van der Waals surface area contributed by atoms with Crippen LogP contribution in [0.25, 0.3) is 10.8 Å². The summed E-state index contributed by atoms with van der Waals surface area (Å²) < 4.78 is 74.8. The number of rotatable bonds is 3. The van der Waals surface area contributed by atoms with E-state index in [9.17, 15) is 22.0 Å². The van der Waals surface area contributed by atoms with Crippen LogP contribution in [0.2, 0.25) is 0 Å². The highest BCUT2D eigenvalue weighted by molar-refractivity contribution is 5.84. The smallest absolute Gasteiger partial charge is 0.159 e. The molecule has 0 atom stereocenters. The molecule has 174 valence electrons. The number of methoxy groups -OCH3 is 1. The fourth-order valence-electron chi connectivity index (χ4n) is 3.40. The molecular weight excluding hydrogens is 459 g/mol. The van der Waals surface area contributed by atoms with Crippen LogP contribution in [0.4, 0.5) is 22.0 Å². The quantitative estimate of drug-likeness (QED) is 0.242. The Morgan fingerprint density at radius 2 is 1.23 bits per heavy atom. The van der Waals surface area contributed by atoms with Crippen molar-refractivity contribution in [1.29, 1.82) is 0 Å². The molecule has 6 heteroatoms. The molecule has 0 aliphatic heterocycles. The minimum absolute atomic E-state index is 0.0841. The topological polar surface area (TPSA) is 9.23 Å². The number of benzene rings is 4. The van der Waals surface area contributed by atoms with Crippen LogP contribution in [0.3, 0.4) is 0 Å². The van der Waals surface area contributed by atoms with E-state index >= 15 is 0 Å². The Kier molecular flexibility index (Phi) is 7.15. The molecule has 4 aromatic rings. The molecular formula is C29H17F5O. The van der Waals surface area contributed by atoms with Gasteiger partial charge in [0.2, 0.25) is 0 Å². The minimum atomic E-state index is -0.966. The van der Waals surface area contributed by atoms with Gasteiger partial charge in [0.05, 0.1) is 17.7 Å². The van der Waals surface area contributed by atoms with Crippen LogP contribution in [0, 0.1) is 52.8 Å². The second-order valence-electron chi connectivity index (χ2n) is 7.70. The Bertz CT molecular complexity index is 1530. The Morgan fingerprint density at radius 3 is 1.91 bits per heavy atom. The van der Waals surface area contributed by atoms with Crippen molar-refractivity contribution in [3.63, 3.8) is 0 Å². The maximum atomic E-state index is 14.5. The van der Waals surface area contributed by atoms with Crippen molar-refractivity contribution in [2.24, 2.45) is 0 Å².